The monoisotopic (exact) mass is 373 g/mol. The van der Waals surface area contributed by atoms with Crippen LogP contribution in [0.2, 0.25) is 0 Å². The first-order valence-electron chi connectivity index (χ1n) is 7.01. The van der Waals surface area contributed by atoms with Crippen molar-refractivity contribution in [3.63, 3.8) is 0 Å². The third-order valence-corrected chi connectivity index (χ3v) is 5.77. The number of carboxylic acids is 1. The summed E-state index contributed by atoms with van der Waals surface area (Å²) in [4.78, 5) is 10.1. The zero-order valence-electron chi connectivity index (χ0n) is 13.2. The summed E-state index contributed by atoms with van der Waals surface area (Å²) in [5.74, 6) is -4.82. The zero-order valence-corrected chi connectivity index (χ0v) is 14.0. The molecule has 0 aliphatic carbocycles. The standard InChI is InChI=1S/C16H14F3NO4S/c1-9(10-3-5-12(17)13(18)7-10)20(2)25(23,24)15-6-4-11(16(21)22)8-14(15)19/h3-9H,1-2H3,(H,21,22)/t9-/m1/s1. The molecule has 25 heavy (non-hydrogen) atoms. The fraction of sp³-hybridized carbons (Fsp3) is 0.188. The van der Waals surface area contributed by atoms with Crippen molar-refractivity contribution >= 4 is 16.0 Å². The van der Waals surface area contributed by atoms with E-state index in [4.69, 9.17) is 5.11 Å². The van der Waals surface area contributed by atoms with Gasteiger partial charge in [-0.1, -0.05) is 6.07 Å². The Morgan fingerprint density at radius 3 is 2.20 bits per heavy atom. The Morgan fingerprint density at radius 2 is 1.68 bits per heavy atom. The summed E-state index contributed by atoms with van der Waals surface area (Å²) in [5.41, 5.74) is -0.222. The lowest BCUT2D eigenvalue weighted by Gasteiger charge is -2.25. The highest BCUT2D eigenvalue weighted by atomic mass is 32.2. The van der Waals surface area contributed by atoms with Crippen LogP contribution in [0.25, 0.3) is 0 Å². The molecule has 0 amide bonds. The normalized spacial score (nSPS) is 13.0. The van der Waals surface area contributed by atoms with Gasteiger partial charge in [-0.2, -0.15) is 4.31 Å². The number of sulfonamides is 1. The van der Waals surface area contributed by atoms with Crippen LogP contribution in [0.15, 0.2) is 41.3 Å². The Kier molecular flexibility index (Phi) is 5.19. The van der Waals surface area contributed by atoms with Gasteiger partial charge in [0, 0.05) is 13.1 Å². The average Bonchev–Trinajstić information content (AvgIpc) is 2.55. The lowest BCUT2D eigenvalue weighted by Crippen LogP contribution is -2.30. The summed E-state index contributed by atoms with van der Waals surface area (Å²) in [6, 6.07) is 4.44. The van der Waals surface area contributed by atoms with E-state index < -0.39 is 49.9 Å². The number of halogens is 3. The summed E-state index contributed by atoms with van der Waals surface area (Å²) in [5, 5.41) is 8.80. The van der Waals surface area contributed by atoms with Crippen molar-refractivity contribution in [3.05, 3.63) is 65.0 Å². The Hall–Kier alpha value is -2.39. The van der Waals surface area contributed by atoms with Crippen LogP contribution < -0.4 is 0 Å². The van der Waals surface area contributed by atoms with Gasteiger partial charge in [-0.25, -0.2) is 26.4 Å². The number of hydrogen-bond donors (Lipinski definition) is 1. The Balaban J connectivity index is 2.41. The van der Waals surface area contributed by atoms with E-state index >= 15 is 0 Å². The van der Waals surface area contributed by atoms with E-state index in [0.29, 0.717) is 6.07 Å². The van der Waals surface area contributed by atoms with Crippen LogP contribution in [0, 0.1) is 17.5 Å². The summed E-state index contributed by atoms with van der Waals surface area (Å²) in [7, 11) is -3.17. The quantitative estimate of drug-likeness (QED) is 0.874. The molecule has 0 aromatic heterocycles. The van der Waals surface area contributed by atoms with Crippen LogP contribution in [0.1, 0.15) is 28.9 Å². The molecule has 1 atom stereocenters. The average molecular weight is 373 g/mol. The van der Waals surface area contributed by atoms with Gasteiger partial charge in [-0.15, -0.1) is 0 Å². The van der Waals surface area contributed by atoms with E-state index in [1.54, 1.807) is 0 Å². The predicted molar refractivity (Wildman–Crippen MR) is 83.1 cm³/mol. The van der Waals surface area contributed by atoms with Crippen LogP contribution in [0.4, 0.5) is 13.2 Å². The van der Waals surface area contributed by atoms with E-state index in [2.05, 4.69) is 0 Å². The fourth-order valence-corrected chi connectivity index (χ4v) is 3.58. The van der Waals surface area contributed by atoms with Crippen molar-refractivity contribution in [1.29, 1.82) is 0 Å². The van der Waals surface area contributed by atoms with E-state index in [1.165, 1.54) is 13.0 Å². The Bertz CT molecular complexity index is 931. The van der Waals surface area contributed by atoms with Crippen molar-refractivity contribution < 1.29 is 31.5 Å². The molecule has 2 aromatic carbocycles. The van der Waals surface area contributed by atoms with Gasteiger partial charge in [0.05, 0.1) is 5.56 Å². The number of hydrogen-bond acceptors (Lipinski definition) is 3. The number of benzene rings is 2. The van der Waals surface area contributed by atoms with Gasteiger partial charge < -0.3 is 5.11 Å². The highest BCUT2D eigenvalue weighted by molar-refractivity contribution is 7.89. The summed E-state index contributed by atoms with van der Waals surface area (Å²) in [6.07, 6.45) is 0. The van der Waals surface area contributed by atoms with Gasteiger partial charge in [-0.05, 0) is 42.8 Å². The second-order valence-corrected chi connectivity index (χ2v) is 7.29. The molecular formula is C16H14F3NO4S. The smallest absolute Gasteiger partial charge is 0.335 e. The van der Waals surface area contributed by atoms with E-state index in [1.807, 2.05) is 0 Å². The minimum atomic E-state index is -4.33. The highest BCUT2D eigenvalue weighted by Gasteiger charge is 2.29. The van der Waals surface area contributed by atoms with Crippen molar-refractivity contribution in [2.24, 2.45) is 0 Å². The van der Waals surface area contributed by atoms with Gasteiger partial charge in [0.15, 0.2) is 11.6 Å². The van der Waals surface area contributed by atoms with Gasteiger partial charge >= 0.3 is 5.97 Å². The van der Waals surface area contributed by atoms with Crippen molar-refractivity contribution in [1.82, 2.24) is 4.31 Å². The first-order valence-corrected chi connectivity index (χ1v) is 8.45. The second kappa shape index (κ2) is 6.85. The van der Waals surface area contributed by atoms with Gasteiger partial charge in [0.25, 0.3) is 0 Å². The number of carbonyl (C=O) groups is 1. The van der Waals surface area contributed by atoms with Gasteiger partial charge in [0.1, 0.15) is 10.7 Å². The van der Waals surface area contributed by atoms with E-state index in [0.717, 1.165) is 35.6 Å². The molecule has 0 saturated carbocycles. The van der Waals surface area contributed by atoms with Gasteiger partial charge in [-0.3, -0.25) is 0 Å². The predicted octanol–water partition coefficient (Wildman–Crippen LogP) is 3.18. The molecule has 0 aliphatic heterocycles. The molecule has 134 valence electrons. The van der Waals surface area contributed by atoms with Crippen molar-refractivity contribution in [2.75, 3.05) is 7.05 Å². The van der Waals surface area contributed by atoms with Crippen LogP contribution in [-0.4, -0.2) is 30.8 Å². The molecule has 0 aliphatic rings. The van der Waals surface area contributed by atoms with Crippen LogP contribution in [0.5, 0.6) is 0 Å². The SMILES string of the molecule is C[C@H](c1ccc(F)c(F)c1)N(C)S(=O)(=O)c1ccc(C(=O)O)cc1F. The zero-order chi connectivity index (χ0) is 18.9. The van der Waals surface area contributed by atoms with Crippen LogP contribution in [-0.2, 0) is 10.0 Å². The lowest BCUT2D eigenvalue weighted by atomic mass is 10.1. The van der Waals surface area contributed by atoms with Crippen LogP contribution in [0.3, 0.4) is 0 Å². The molecule has 0 spiro atoms. The lowest BCUT2D eigenvalue weighted by molar-refractivity contribution is 0.0696. The highest BCUT2D eigenvalue weighted by Crippen LogP contribution is 2.28. The topological polar surface area (TPSA) is 74.7 Å². The number of rotatable bonds is 5. The molecular weight excluding hydrogens is 359 g/mol. The largest absolute Gasteiger partial charge is 0.478 e. The molecule has 0 radical (unpaired) electrons. The Morgan fingerprint density at radius 1 is 1.04 bits per heavy atom. The van der Waals surface area contributed by atoms with E-state index in [-0.39, 0.29) is 5.56 Å². The molecule has 0 heterocycles. The fourth-order valence-electron chi connectivity index (χ4n) is 2.19. The second-order valence-electron chi connectivity index (χ2n) is 5.32. The third kappa shape index (κ3) is 3.67. The van der Waals surface area contributed by atoms with Crippen LogP contribution >= 0.6 is 0 Å². The summed E-state index contributed by atoms with van der Waals surface area (Å²) in [6.45, 7) is 1.42. The molecule has 0 fully saturated rings. The molecule has 0 unspecified atom stereocenters. The number of aromatic carboxylic acids is 1. The summed E-state index contributed by atoms with van der Waals surface area (Å²) >= 11 is 0. The first-order chi connectivity index (χ1) is 11.6. The molecule has 1 N–H and O–H groups in total. The molecule has 9 heteroatoms. The first kappa shape index (κ1) is 18.9. The maximum atomic E-state index is 14.1. The minimum Gasteiger partial charge on any atom is -0.478 e. The third-order valence-electron chi connectivity index (χ3n) is 3.81. The molecule has 2 aromatic rings. The maximum absolute atomic E-state index is 14.1. The molecule has 0 saturated heterocycles. The van der Waals surface area contributed by atoms with Crippen molar-refractivity contribution in [3.8, 4) is 0 Å². The minimum absolute atomic E-state index is 0.174. The molecule has 5 nitrogen and oxygen atoms in total. The Labute approximate surface area is 142 Å². The molecule has 2 rings (SSSR count). The maximum Gasteiger partial charge on any atom is 0.335 e. The van der Waals surface area contributed by atoms with Crippen molar-refractivity contribution in [2.45, 2.75) is 17.9 Å². The molecule has 0 bridgehead atoms. The van der Waals surface area contributed by atoms with Gasteiger partial charge in [0.2, 0.25) is 10.0 Å². The number of nitrogens with zero attached hydrogens (tertiary/aromatic N) is 1. The number of carboxylic acid groups (broad SMARTS) is 1. The summed E-state index contributed by atoms with van der Waals surface area (Å²) < 4.78 is 66.4. The van der Waals surface area contributed by atoms with E-state index in [9.17, 15) is 26.4 Å².